The van der Waals surface area contributed by atoms with E-state index in [2.05, 4.69) is 44.7 Å². The maximum atomic E-state index is 7.42. The van der Waals surface area contributed by atoms with Gasteiger partial charge in [-0.15, -0.1) is 0 Å². The van der Waals surface area contributed by atoms with E-state index in [1.807, 2.05) is 42.5 Å². The number of nitrogens with zero attached hydrogens (tertiary/aromatic N) is 1. The lowest BCUT2D eigenvalue weighted by atomic mass is 9.78. The van der Waals surface area contributed by atoms with Gasteiger partial charge in [-0.1, -0.05) is 60.7 Å². The Hall–Kier alpha value is -3.07. The first-order valence-corrected chi connectivity index (χ1v) is 10.1. The summed E-state index contributed by atoms with van der Waals surface area (Å²) in [6, 6.07) is 20.0. The molecule has 0 atom stereocenters. The first-order chi connectivity index (χ1) is 14.3. The molecular formula is C25H22BNO3. The molecule has 0 N–H and O–H groups in total. The van der Waals surface area contributed by atoms with Crippen molar-refractivity contribution in [1.82, 2.24) is 0 Å². The fourth-order valence-electron chi connectivity index (χ4n) is 3.92. The van der Waals surface area contributed by atoms with Gasteiger partial charge in [0.15, 0.2) is 0 Å². The van der Waals surface area contributed by atoms with Crippen LogP contribution in [-0.2, 0) is 9.31 Å². The van der Waals surface area contributed by atoms with Crippen LogP contribution in [-0.4, -0.2) is 18.3 Å². The number of fused-ring (bicyclic) bond motifs is 3. The van der Waals surface area contributed by atoms with Gasteiger partial charge >= 0.3 is 7.12 Å². The van der Waals surface area contributed by atoms with E-state index in [0.717, 1.165) is 32.9 Å². The van der Waals surface area contributed by atoms with Crippen LogP contribution in [0, 0.1) is 6.57 Å². The second kappa shape index (κ2) is 6.47. The second-order valence-electron chi connectivity index (χ2n) is 8.76. The van der Waals surface area contributed by atoms with Crippen LogP contribution in [0.4, 0.5) is 5.69 Å². The molecular weight excluding hydrogens is 373 g/mol. The molecule has 1 fully saturated rings. The van der Waals surface area contributed by atoms with Crippen LogP contribution in [0.15, 0.2) is 65.1 Å². The highest BCUT2D eigenvalue weighted by Gasteiger charge is 2.51. The van der Waals surface area contributed by atoms with Crippen molar-refractivity contribution in [2.45, 2.75) is 38.9 Å². The topological polar surface area (TPSA) is 36.0 Å². The summed E-state index contributed by atoms with van der Waals surface area (Å²) in [4.78, 5) is 3.60. The third-order valence-electron chi connectivity index (χ3n) is 6.37. The maximum Gasteiger partial charge on any atom is 0.494 e. The van der Waals surface area contributed by atoms with Crippen molar-refractivity contribution in [3.05, 3.63) is 72.1 Å². The van der Waals surface area contributed by atoms with Crippen molar-refractivity contribution in [3.63, 3.8) is 0 Å². The summed E-state index contributed by atoms with van der Waals surface area (Å²) in [7, 11) is -0.382. The summed E-state index contributed by atoms with van der Waals surface area (Å²) in [5.41, 5.74) is 4.28. The minimum atomic E-state index is -0.382. The standard InChI is InChI=1S/C25H22BNO3/c1-24(2)25(3,4)30-26(29-24)17-14-12-16(13-15-17)18-8-6-9-19-20-10-7-11-21(27-5)23(20)28-22(18)19/h6-15H,1-4H3. The smallest absolute Gasteiger partial charge is 0.466 e. The molecule has 148 valence electrons. The third kappa shape index (κ3) is 2.76. The second-order valence-corrected chi connectivity index (χ2v) is 8.76. The predicted molar refractivity (Wildman–Crippen MR) is 121 cm³/mol. The maximum absolute atomic E-state index is 7.42. The van der Waals surface area contributed by atoms with E-state index in [0.29, 0.717) is 11.3 Å². The summed E-state index contributed by atoms with van der Waals surface area (Å²) in [5.74, 6) is 0. The molecule has 0 unspecified atom stereocenters. The molecule has 1 aliphatic heterocycles. The molecule has 0 saturated carbocycles. The van der Waals surface area contributed by atoms with Crippen molar-refractivity contribution >= 4 is 40.2 Å². The summed E-state index contributed by atoms with van der Waals surface area (Å²) < 4.78 is 18.5. The van der Waals surface area contributed by atoms with Gasteiger partial charge in [0.05, 0.1) is 17.8 Å². The van der Waals surface area contributed by atoms with Crippen molar-refractivity contribution in [1.29, 1.82) is 0 Å². The largest absolute Gasteiger partial charge is 0.494 e. The Kier molecular flexibility index (Phi) is 4.08. The quantitative estimate of drug-likeness (QED) is 0.304. The Morgan fingerprint density at radius 2 is 1.37 bits per heavy atom. The molecule has 5 rings (SSSR count). The molecule has 0 radical (unpaired) electrons. The van der Waals surface area contributed by atoms with Crippen LogP contribution in [0.3, 0.4) is 0 Å². The van der Waals surface area contributed by atoms with E-state index in [9.17, 15) is 0 Å². The SMILES string of the molecule is [C-]#[N+]c1cccc2c1oc1c(-c3ccc(B4OC(C)(C)C(C)(C)O4)cc3)cccc12. The van der Waals surface area contributed by atoms with Crippen LogP contribution in [0.25, 0.3) is 37.9 Å². The lowest BCUT2D eigenvalue weighted by molar-refractivity contribution is 0.00578. The lowest BCUT2D eigenvalue weighted by Gasteiger charge is -2.32. The Balaban J connectivity index is 1.56. The number of hydrogen-bond acceptors (Lipinski definition) is 3. The first kappa shape index (κ1) is 18.9. The van der Waals surface area contributed by atoms with Crippen LogP contribution < -0.4 is 5.46 Å². The highest BCUT2D eigenvalue weighted by atomic mass is 16.7. The van der Waals surface area contributed by atoms with Gasteiger partial charge in [0.1, 0.15) is 11.2 Å². The molecule has 2 heterocycles. The monoisotopic (exact) mass is 395 g/mol. The van der Waals surface area contributed by atoms with Crippen molar-refractivity contribution in [2.75, 3.05) is 0 Å². The van der Waals surface area contributed by atoms with Crippen molar-refractivity contribution in [3.8, 4) is 11.1 Å². The van der Waals surface area contributed by atoms with E-state index in [1.165, 1.54) is 0 Å². The zero-order valence-corrected chi connectivity index (χ0v) is 17.5. The minimum Gasteiger partial charge on any atom is -0.466 e. The normalized spacial score (nSPS) is 17.5. The number of hydrogen-bond donors (Lipinski definition) is 0. The van der Waals surface area contributed by atoms with Gasteiger partial charge in [0.2, 0.25) is 5.69 Å². The van der Waals surface area contributed by atoms with Crippen LogP contribution in [0.2, 0.25) is 0 Å². The van der Waals surface area contributed by atoms with Gasteiger partial charge in [-0.3, -0.25) is 0 Å². The van der Waals surface area contributed by atoms with E-state index < -0.39 is 0 Å². The molecule has 30 heavy (non-hydrogen) atoms. The van der Waals surface area contributed by atoms with Gasteiger partial charge < -0.3 is 13.7 Å². The average Bonchev–Trinajstić information content (AvgIpc) is 3.21. The molecule has 5 heteroatoms. The third-order valence-corrected chi connectivity index (χ3v) is 6.37. The summed E-state index contributed by atoms with van der Waals surface area (Å²) in [6.45, 7) is 15.6. The molecule has 0 spiro atoms. The van der Waals surface area contributed by atoms with Gasteiger partial charge in [-0.05, 0) is 38.7 Å². The van der Waals surface area contributed by atoms with Crippen molar-refractivity contribution < 1.29 is 13.7 Å². The van der Waals surface area contributed by atoms with E-state index in [-0.39, 0.29) is 18.3 Å². The molecule has 3 aromatic carbocycles. The summed E-state index contributed by atoms with van der Waals surface area (Å²) in [6.07, 6.45) is 0. The number of para-hydroxylation sites is 2. The highest BCUT2D eigenvalue weighted by molar-refractivity contribution is 6.62. The minimum absolute atomic E-state index is 0.364. The summed E-state index contributed by atoms with van der Waals surface area (Å²) >= 11 is 0. The highest BCUT2D eigenvalue weighted by Crippen LogP contribution is 2.39. The van der Waals surface area contributed by atoms with Crippen LogP contribution in [0.5, 0.6) is 0 Å². The molecule has 0 bridgehead atoms. The zero-order valence-electron chi connectivity index (χ0n) is 17.5. The zero-order chi connectivity index (χ0) is 21.1. The van der Waals surface area contributed by atoms with E-state index >= 15 is 0 Å². The average molecular weight is 395 g/mol. The first-order valence-electron chi connectivity index (χ1n) is 10.1. The van der Waals surface area contributed by atoms with Crippen LogP contribution >= 0.6 is 0 Å². The van der Waals surface area contributed by atoms with E-state index in [4.69, 9.17) is 20.3 Å². The van der Waals surface area contributed by atoms with Gasteiger partial charge in [-0.2, -0.15) is 0 Å². The van der Waals surface area contributed by atoms with Crippen LogP contribution in [0.1, 0.15) is 27.7 Å². The molecule has 4 nitrogen and oxygen atoms in total. The molecule has 0 amide bonds. The van der Waals surface area contributed by atoms with Gasteiger partial charge in [0, 0.05) is 16.3 Å². The Morgan fingerprint density at radius 1 is 0.767 bits per heavy atom. The Labute approximate surface area is 176 Å². The number of rotatable bonds is 2. The number of benzene rings is 3. The molecule has 4 aromatic rings. The fourth-order valence-corrected chi connectivity index (χ4v) is 3.92. The fraction of sp³-hybridized carbons (Fsp3) is 0.240. The Bertz CT molecular complexity index is 1300. The van der Waals surface area contributed by atoms with Crippen molar-refractivity contribution in [2.24, 2.45) is 0 Å². The predicted octanol–water partition coefficient (Wildman–Crippen LogP) is 6.10. The van der Waals surface area contributed by atoms with Gasteiger partial charge in [-0.25, -0.2) is 4.85 Å². The molecule has 0 aliphatic carbocycles. The number of furan rings is 1. The molecule has 1 aliphatic rings. The molecule has 1 aromatic heterocycles. The molecule has 1 saturated heterocycles. The Morgan fingerprint density at radius 3 is 2.00 bits per heavy atom. The lowest BCUT2D eigenvalue weighted by Crippen LogP contribution is -2.41. The summed E-state index contributed by atoms with van der Waals surface area (Å²) in [5, 5.41) is 1.98. The van der Waals surface area contributed by atoms with Gasteiger partial charge in [0.25, 0.3) is 0 Å². The van der Waals surface area contributed by atoms with E-state index in [1.54, 1.807) is 6.07 Å².